The molecular formula is C15H20O5S. The molecule has 0 radical (unpaired) electrons. The summed E-state index contributed by atoms with van der Waals surface area (Å²) in [6, 6.07) is 5.15. The molecule has 0 aromatic heterocycles. The molecule has 0 bridgehead atoms. The number of carbonyl (C=O) groups is 1. The Morgan fingerprint density at radius 2 is 2.33 bits per heavy atom. The summed E-state index contributed by atoms with van der Waals surface area (Å²) >= 11 is 1.85. The van der Waals surface area contributed by atoms with E-state index < -0.39 is 12.1 Å². The minimum atomic E-state index is -1.37. The maximum absolute atomic E-state index is 11.7. The molecule has 1 N–H and O–H groups in total. The van der Waals surface area contributed by atoms with Gasteiger partial charge in [-0.15, -0.1) is 0 Å². The van der Waals surface area contributed by atoms with Gasteiger partial charge in [0.15, 0.2) is 17.6 Å². The predicted molar refractivity (Wildman–Crippen MR) is 80.9 cm³/mol. The summed E-state index contributed by atoms with van der Waals surface area (Å²) < 4.78 is 16.1. The summed E-state index contributed by atoms with van der Waals surface area (Å²) in [6.07, 6.45) is -0.251. The summed E-state index contributed by atoms with van der Waals surface area (Å²) in [5, 5.41) is 10.1. The maximum Gasteiger partial charge on any atom is 0.339 e. The van der Waals surface area contributed by atoms with E-state index in [0.717, 1.165) is 17.9 Å². The first-order valence-electron chi connectivity index (χ1n) is 6.93. The van der Waals surface area contributed by atoms with Crippen LogP contribution < -0.4 is 9.47 Å². The molecule has 2 rings (SSSR count). The van der Waals surface area contributed by atoms with Crippen molar-refractivity contribution in [1.82, 2.24) is 0 Å². The van der Waals surface area contributed by atoms with Gasteiger partial charge >= 0.3 is 5.97 Å². The molecule has 0 aliphatic carbocycles. The monoisotopic (exact) mass is 312 g/mol. The number of para-hydroxylation sites is 1. The molecule has 1 aromatic rings. The molecular weight excluding hydrogens is 292 g/mol. The molecule has 1 aliphatic heterocycles. The van der Waals surface area contributed by atoms with E-state index in [0.29, 0.717) is 17.1 Å². The highest BCUT2D eigenvalue weighted by molar-refractivity contribution is 7.99. The van der Waals surface area contributed by atoms with Crippen LogP contribution in [0.25, 0.3) is 0 Å². The SMILES string of the molecule is CCOC(=O)C(O)c1cccc(OC2CCSC2)c1OC. The van der Waals surface area contributed by atoms with Crippen molar-refractivity contribution in [2.75, 3.05) is 25.2 Å². The minimum absolute atomic E-state index is 0.138. The zero-order valence-corrected chi connectivity index (χ0v) is 13.0. The number of esters is 1. The third-order valence-electron chi connectivity index (χ3n) is 3.20. The molecule has 1 saturated heterocycles. The van der Waals surface area contributed by atoms with Crippen LogP contribution >= 0.6 is 11.8 Å². The Kier molecular flexibility index (Phi) is 5.76. The van der Waals surface area contributed by atoms with Crippen LogP contribution in [0.5, 0.6) is 11.5 Å². The lowest BCUT2D eigenvalue weighted by Gasteiger charge is -2.19. The molecule has 116 valence electrons. The zero-order chi connectivity index (χ0) is 15.2. The number of methoxy groups -OCH3 is 1. The van der Waals surface area contributed by atoms with Gasteiger partial charge in [-0.05, 0) is 25.2 Å². The largest absolute Gasteiger partial charge is 0.492 e. The first-order chi connectivity index (χ1) is 10.2. The minimum Gasteiger partial charge on any atom is -0.492 e. The molecule has 0 saturated carbocycles. The average molecular weight is 312 g/mol. The lowest BCUT2D eigenvalue weighted by Crippen LogP contribution is -2.18. The molecule has 6 heteroatoms. The fourth-order valence-corrected chi connectivity index (χ4v) is 3.29. The summed E-state index contributed by atoms with van der Waals surface area (Å²) in [6.45, 7) is 1.91. The van der Waals surface area contributed by atoms with Gasteiger partial charge in [-0.1, -0.05) is 12.1 Å². The van der Waals surface area contributed by atoms with E-state index in [2.05, 4.69) is 0 Å². The first kappa shape index (κ1) is 16.0. The van der Waals surface area contributed by atoms with Gasteiger partial charge < -0.3 is 19.3 Å². The maximum atomic E-state index is 11.7. The van der Waals surface area contributed by atoms with Crippen molar-refractivity contribution in [3.05, 3.63) is 23.8 Å². The van der Waals surface area contributed by atoms with Crippen LogP contribution in [0.2, 0.25) is 0 Å². The Labute approximate surface area is 128 Å². The second-order valence-corrected chi connectivity index (χ2v) is 5.79. The third-order valence-corrected chi connectivity index (χ3v) is 4.33. The molecule has 1 aromatic carbocycles. The van der Waals surface area contributed by atoms with E-state index >= 15 is 0 Å². The Hall–Kier alpha value is -1.40. The standard InChI is InChI=1S/C15H20O5S/c1-3-19-15(17)13(16)11-5-4-6-12(14(11)18-2)20-10-7-8-21-9-10/h4-6,10,13,16H,3,7-9H2,1-2H3. The first-order valence-corrected chi connectivity index (χ1v) is 8.08. The number of aliphatic hydroxyl groups is 1. The Bertz CT molecular complexity index is 485. The molecule has 2 unspecified atom stereocenters. The van der Waals surface area contributed by atoms with E-state index in [1.165, 1.54) is 7.11 Å². The summed E-state index contributed by atoms with van der Waals surface area (Å²) in [5.41, 5.74) is 0.360. The van der Waals surface area contributed by atoms with Gasteiger partial charge in [0.2, 0.25) is 0 Å². The number of benzene rings is 1. The van der Waals surface area contributed by atoms with E-state index in [1.54, 1.807) is 25.1 Å². The van der Waals surface area contributed by atoms with E-state index in [4.69, 9.17) is 14.2 Å². The van der Waals surface area contributed by atoms with Crippen molar-refractivity contribution < 1.29 is 24.1 Å². The fraction of sp³-hybridized carbons (Fsp3) is 0.533. The number of aliphatic hydroxyl groups excluding tert-OH is 1. The second kappa shape index (κ2) is 7.56. The van der Waals surface area contributed by atoms with Crippen molar-refractivity contribution in [2.24, 2.45) is 0 Å². The highest BCUT2D eigenvalue weighted by Gasteiger charge is 2.26. The van der Waals surface area contributed by atoms with Gasteiger partial charge in [0, 0.05) is 11.3 Å². The molecule has 1 fully saturated rings. The molecule has 21 heavy (non-hydrogen) atoms. The number of hydrogen-bond acceptors (Lipinski definition) is 6. The quantitative estimate of drug-likeness (QED) is 0.812. The summed E-state index contributed by atoms with van der Waals surface area (Å²) in [7, 11) is 1.49. The van der Waals surface area contributed by atoms with Gasteiger partial charge in [-0.25, -0.2) is 4.79 Å². The lowest BCUT2D eigenvalue weighted by molar-refractivity contribution is -0.153. The van der Waals surface area contributed by atoms with Crippen LogP contribution in [0.15, 0.2) is 18.2 Å². The molecule has 0 spiro atoms. The van der Waals surface area contributed by atoms with Crippen molar-refractivity contribution in [3.63, 3.8) is 0 Å². The van der Waals surface area contributed by atoms with Gasteiger partial charge in [-0.2, -0.15) is 11.8 Å². The van der Waals surface area contributed by atoms with Crippen molar-refractivity contribution in [2.45, 2.75) is 25.6 Å². The number of thioether (sulfide) groups is 1. The second-order valence-electron chi connectivity index (χ2n) is 4.64. The van der Waals surface area contributed by atoms with Crippen molar-refractivity contribution in [1.29, 1.82) is 0 Å². The zero-order valence-electron chi connectivity index (χ0n) is 12.2. The van der Waals surface area contributed by atoms with Crippen molar-refractivity contribution >= 4 is 17.7 Å². The Morgan fingerprint density at radius 1 is 1.52 bits per heavy atom. The van der Waals surface area contributed by atoms with Crippen LogP contribution in [-0.4, -0.2) is 42.4 Å². The van der Waals surface area contributed by atoms with Crippen LogP contribution in [-0.2, 0) is 9.53 Å². The topological polar surface area (TPSA) is 65.0 Å². The number of ether oxygens (including phenoxy) is 3. The lowest BCUT2D eigenvalue weighted by atomic mass is 10.1. The summed E-state index contributed by atoms with van der Waals surface area (Å²) in [5.74, 6) is 2.26. The smallest absolute Gasteiger partial charge is 0.339 e. The average Bonchev–Trinajstić information content (AvgIpc) is 2.99. The third kappa shape index (κ3) is 3.83. The number of rotatable bonds is 6. The Balaban J connectivity index is 2.22. The van der Waals surface area contributed by atoms with Gasteiger partial charge in [0.1, 0.15) is 6.10 Å². The van der Waals surface area contributed by atoms with Crippen LogP contribution in [0.3, 0.4) is 0 Å². The van der Waals surface area contributed by atoms with Crippen LogP contribution in [0.4, 0.5) is 0 Å². The van der Waals surface area contributed by atoms with Crippen molar-refractivity contribution in [3.8, 4) is 11.5 Å². The van der Waals surface area contributed by atoms with E-state index in [9.17, 15) is 9.90 Å². The molecule has 0 amide bonds. The molecule has 1 heterocycles. The van der Waals surface area contributed by atoms with Crippen LogP contribution in [0, 0.1) is 0 Å². The number of carbonyl (C=O) groups excluding carboxylic acids is 1. The van der Waals surface area contributed by atoms with Gasteiger partial charge in [0.25, 0.3) is 0 Å². The molecule has 5 nitrogen and oxygen atoms in total. The van der Waals surface area contributed by atoms with Gasteiger partial charge in [-0.3, -0.25) is 0 Å². The normalized spacial score (nSPS) is 19.1. The molecule has 2 atom stereocenters. The van der Waals surface area contributed by atoms with Crippen LogP contribution in [0.1, 0.15) is 25.0 Å². The highest BCUT2D eigenvalue weighted by Crippen LogP contribution is 2.37. The number of hydrogen-bond donors (Lipinski definition) is 1. The highest BCUT2D eigenvalue weighted by atomic mass is 32.2. The fourth-order valence-electron chi connectivity index (χ4n) is 2.19. The van der Waals surface area contributed by atoms with E-state index in [1.807, 2.05) is 11.8 Å². The molecule has 1 aliphatic rings. The van der Waals surface area contributed by atoms with Gasteiger partial charge in [0.05, 0.1) is 13.7 Å². The summed E-state index contributed by atoms with van der Waals surface area (Å²) in [4.78, 5) is 11.7. The predicted octanol–water partition coefficient (Wildman–Crippen LogP) is 2.18. The Morgan fingerprint density at radius 3 is 2.95 bits per heavy atom. The van der Waals surface area contributed by atoms with E-state index in [-0.39, 0.29) is 12.7 Å².